The smallest absolute Gasteiger partial charge is 0.252 e. The summed E-state index contributed by atoms with van der Waals surface area (Å²) in [5.74, 6) is 0. The second-order valence-corrected chi connectivity index (χ2v) is 3.21. The zero-order valence-electron chi connectivity index (χ0n) is 5.47. The van der Waals surface area contributed by atoms with Gasteiger partial charge in [-0.3, -0.25) is 4.79 Å². The van der Waals surface area contributed by atoms with Crippen molar-refractivity contribution in [3.63, 3.8) is 0 Å². The highest BCUT2D eigenvalue weighted by atomic mass is 79.9. The van der Waals surface area contributed by atoms with E-state index < -0.39 is 5.24 Å². The molecule has 0 aliphatic rings. The molecular weight excluding hydrogens is 229 g/mol. The second-order valence-electron chi connectivity index (χ2n) is 2.01. The number of halogens is 2. The third-order valence-electron chi connectivity index (χ3n) is 1.23. The molecule has 2 nitrogen and oxygen atoms in total. The van der Waals surface area contributed by atoms with Crippen LogP contribution < -0.4 is 5.73 Å². The van der Waals surface area contributed by atoms with Crippen molar-refractivity contribution in [2.45, 2.75) is 0 Å². The van der Waals surface area contributed by atoms with Crippen molar-refractivity contribution in [3.8, 4) is 0 Å². The minimum absolute atomic E-state index is 0.438. The fraction of sp³-hybridized carbons (Fsp3) is 0. The van der Waals surface area contributed by atoms with Crippen LogP contribution in [-0.4, -0.2) is 5.24 Å². The zero-order valence-corrected chi connectivity index (χ0v) is 7.82. The summed E-state index contributed by atoms with van der Waals surface area (Å²) >= 11 is 8.41. The average Bonchev–Trinajstić information content (AvgIpc) is 1.94. The predicted octanol–water partition coefficient (Wildman–Crippen LogP) is 2.41. The van der Waals surface area contributed by atoms with Gasteiger partial charge in [-0.1, -0.05) is 0 Å². The highest BCUT2D eigenvalue weighted by Crippen LogP contribution is 2.20. The maximum atomic E-state index is 10.6. The molecule has 11 heavy (non-hydrogen) atoms. The van der Waals surface area contributed by atoms with E-state index in [0.29, 0.717) is 15.7 Å². The lowest BCUT2D eigenvalue weighted by Crippen LogP contribution is -1.91. The lowest BCUT2D eigenvalue weighted by Gasteiger charge is -1.98. The van der Waals surface area contributed by atoms with Gasteiger partial charge in [0.15, 0.2) is 0 Å². The first-order valence-electron chi connectivity index (χ1n) is 2.86. The van der Waals surface area contributed by atoms with Crippen molar-refractivity contribution in [2.75, 3.05) is 5.73 Å². The number of rotatable bonds is 1. The fourth-order valence-corrected chi connectivity index (χ4v) is 1.15. The number of nitrogens with two attached hydrogens (primary N) is 1. The maximum absolute atomic E-state index is 10.6. The lowest BCUT2D eigenvalue weighted by atomic mass is 10.2. The van der Waals surface area contributed by atoms with Crippen molar-refractivity contribution in [1.82, 2.24) is 0 Å². The Balaban J connectivity index is 3.15. The highest BCUT2D eigenvalue weighted by Gasteiger charge is 2.02. The van der Waals surface area contributed by atoms with Gasteiger partial charge in [-0.15, -0.1) is 0 Å². The Bertz CT molecular complexity index is 300. The summed E-state index contributed by atoms with van der Waals surface area (Å²) in [7, 11) is 0. The van der Waals surface area contributed by atoms with Crippen LogP contribution >= 0.6 is 27.5 Å². The normalized spacial score (nSPS) is 9.64. The van der Waals surface area contributed by atoms with Gasteiger partial charge >= 0.3 is 0 Å². The van der Waals surface area contributed by atoms with Crippen LogP contribution in [0, 0.1) is 0 Å². The first-order valence-corrected chi connectivity index (χ1v) is 4.03. The number of hydrogen-bond acceptors (Lipinski definition) is 2. The summed E-state index contributed by atoms with van der Waals surface area (Å²) in [5.41, 5.74) is 6.51. The van der Waals surface area contributed by atoms with Crippen LogP contribution in [0.4, 0.5) is 5.69 Å². The number of anilines is 1. The van der Waals surface area contributed by atoms with Gasteiger partial charge in [-0.25, -0.2) is 0 Å². The molecule has 58 valence electrons. The van der Waals surface area contributed by atoms with Crippen LogP contribution in [-0.2, 0) is 0 Å². The molecule has 4 heteroatoms. The molecule has 0 bridgehead atoms. The van der Waals surface area contributed by atoms with Gasteiger partial charge in [0.25, 0.3) is 5.24 Å². The topological polar surface area (TPSA) is 43.1 Å². The molecule has 0 atom stereocenters. The number of carbonyl (C=O) groups is 1. The molecule has 0 amide bonds. The van der Waals surface area contributed by atoms with Crippen molar-refractivity contribution < 1.29 is 4.79 Å². The number of hydrogen-bond donors (Lipinski definition) is 1. The van der Waals surface area contributed by atoms with Gasteiger partial charge in [0.05, 0.1) is 0 Å². The molecule has 0 spiro atoms. The Morgan fingerprint density at radius 1 is 1.55 bits per heavy atom. The van der Waals surface area contributed by atoms with Crippen LogP contribution in [0.1, 0.15) is 10.4 Å². The quantitative estimate of drug-likeness (QED) is 0.599. The van der Waals surface area contributed by atoms with E-state index in [1.165, 1.54) is 0 Å². The first-order chi connectivity index (χ1) is 5.11. The Morgan fingerprint density at radius 2 is 2.18 bits per heavy atom. The molecule has 0 aliphatic carbocycles. The molecule has 2 N–H and O–H groups in total. The van der Waals surface area contributed by atoms with Gasteiger partial charge < -0.3 is 5.73 Å². The second kappa shape index (κ2) is 3.24. The summed E-state index contributed by atoms with van der Waals surface area (Å²) in [6, 6.07) is 4.79. The molecular formula is C7H5BrClNO. The van der Waals surface area contributed by atoms with Crippen LogP contribution in [0.3, 0.4) is 0 Å². The fourth-order valence-electron chi connectivity index (χ4n) is 0.649. The largest absolute Gasteiger partial charge is 0.398 e. The molecule has 0 fully saturated rings. The van der Waals surface area contributed by atoms with Gasteiger partial charge in [-0.05, 0) is 45.7 Å². The molecule has 0 heterocycles. The molecule has 0 saturated carbocycles. The van der Waals surface area contributed by atoms with E-state index in [0.717, 1.165) is 0 Å². The molecule has 1 aromatic rings. The lowest BCUT2D eigenvalue weighted by molar-refractivity contribution is 0.108. The Labute approximate surface area is 77.5 Å². The third kappa shape index (κ3) is 1.94. The number of carbonyl (C=O) groups excluding carboxylic acids is 1. The molecule has 0 radical (unpaired) electrons. The third-order valence-corrected chi connectivity index (χ3v) is 2.13. The molecule has 1 rings (SSSR count). The summed E-state index contributed by atoms with van der Waals surface area (Å²) in [6.07, 6.45) is 0. The van der Waals surface area contributed by atoms with Gasteiger partial charge in [0.2, 0.25) is 0 Å². The van der Waals surface area contributed by atoms with Crippen LogP contribution in [0.2, 0.25) is 0 Å². The summed E-state index contributed by atoms with van der Waals surface area (Å²) in [6.45, 7) is 0. The van der Waals surface area contributed by atoms with E-state index in [4.69, 9.17) is 17.3 Å². The van der Waals surface area contributed by atoms with Crippen molar-refractivity contribution in [3.05, 3.63) is 28.2 Å². The Hall–Kier alpha value is -0.540. The van der Waals surface area contributed by atoms with Crippen molar-refractivity contribution in [2.24, 2.45) is 0 Å². The van der Waals surface area contributed by atoms with Crippen LogP contribution in [0.5, 0.6) is 0 Å². The maximum Gasteiger partial charge on any atom is 0.252 e. The van der Waals surface area contributed by atoms with E-state index in [1.54, 1.807) is 18.2 Å². The van der Waals surface area contributed by atoms with E-state index in [-0.39, 0.29) is 0 Å². The summed E-state index contributed by atoms with van der Waals surface area (Å²) < 4.78 is 0.684. The average molecular weight is 234 g/mol. The number of nitrogen functional groups attached to an aromatic ring is 1. The molecule has 0 saturated heterocycles. The van der Waals surface area contributed by atoms with E-state index in [9.17, 15) is 4.79 Å². The van der Waals surface area contributed by atoms with Gasteiger partial charge in [0.1, 0.15) is 0 Å². The number of benzene rings is 1. The van der Waals surface area contributed by atoms with E-state index in [1.807, 2.05) is 0 Å². The van der Waals surface area contributed by atoms with Crippen molar-refractivity contribution >= 4 is 38.5 Å². The van der Waals surface area contributed by atoms with E-state index >= 15 is 0 Å². The molecule has 1 aromatic carbocycles. The Morgan fingerprint density at radius 3 is 2.64 bits per heavy atom. The summed E-state index contributed by atoms with van der Waals surface area (Å²) in [5, 5.41) is -0.481. The molecule has 0 aliphatic heterocycles. The van der Waals surface area contributed by atoms with E-state index in [2.05, 4.69) is 15.9 Å². The SMILES string of the molecule is Nc1ccc(C(=O)Cl)cc1Br. The minimum atomic E-state index is -0.481. The van der Waals surface area contributed by atoms with Crippen LogP contribution in [0.25, 0.3) is 0 Å². The first kappa shape index (κ1) is 8.56. The van der Waals surface area contributed by atoms with Crippen LogP contribution in [0.15, 0.2) is 22.7 Å². The molecule has 0 aromatic heterocycles. The zero-order chi connectivity index (χ0) is 8.43. The highest BCUT2D eigenvalue weighted by molar-refractivity contribution is 9.10. The monoisotopic (exact) mass is 233 g/mol. The molecule has 0 unspecified atom stereocenters. The Kier molecular flexibility index (Phi) is 2.52. The van der Waals surface area contributed by atoms with Gasteiger partial charge in [-0.2, -0.15) is 0 Å². The van der Waals surface area contributed by atoms with Crippen molar-refractivity contribution in [1.29, 1.82) is 0 Å². The minimum Gasteiger partial charge on any atom is -0.398 e. The van der Waals surface area contributed by atoms with Gasteiger partial charge in [0, 0.05) is 15.7 Å². The predicted molar refractivity (Wildman–Crippen MR) is 48.7 cm³/mol. The standard InChI is InChI=1S/C7H5BrClNO/c8-5-3-4(7(9)11)1-2-6(5)10/h1-3H,10H2. The summed E-state index contributed by atoms with van der Waals surface area (Å²) in [4.78, 5) is 10.6.